The lowest BCUT2D eigenvalue weighted by molar-refractivity contribution is -0.134. The number of carbonyl (C=O) groups excluding carboxylic acids is 2. The van der Waals surface area contributed by atoms with E-state index >= 15 is 0 Å². The first-order chi connectivity index (χ1) is 11.6. The topological polar surface area (TPSA) is 72.8 Å². The van der Waals surface area contributed by atoms with Crippen LogP contribution in [-0.4, -0.2) is 61.2 Å². The average Bonchev–Trinajstić information content (AvgIpc) is 2.97. The number of ether oxygens (including phenoxy) is 2. The second kappa shape index (κ2) is 6.92. The van der Waals surface area contributed by atoms with Crippen molar-refractivity contribution in [1.82, 2.24) is 14.8 Å². The van der Waals surface area contributed by atoms with Crippen molar-refractivity contribution in [2.75, 3.05) is 40.0 Å². The van der Waals surface area contributed by atoms with Gasteiger partial charge < -0.3 is 24.3 Å². The van der Waals surface area contributed by atoms with Gasteiger partial charge in [0.1, 0.15) is 11.4 Å². The number of methoxy groups -OCH3 is 1. The Bertz CT molecular complexity index is 763. The van der Waals surface area contributed by atoms with Crippen LogP contribution in [0.5, 0.6) is 5.75 Å². The maximum Gasteiger partial charge on any atom is 0.268 e. The van der Waals surface area contributed by atoms with Gasteiger partial charge in [0.25, 0.3) is 5.91 Å². The standard InChI is InChI=1S/C17H21N3O4/c1-19-13-4-3-5-15(23-2)12(13)10-14(19)17(22)18-11-16(21)20-6-8-24-9-7-20/h3-5,10H,6-9,11H2,1-2H3,(H,18,22). The van der Waals surface area contributed by atoms with Crippen LogP contribution < -0.4 is 10.1 Å². The predicted molar refractivity (Wildman–Crippen MR) is 89.2 cm³/mol. The van der Waals surface area contributed by atoms with Crippen molar-refractivity contribution in [2.45, 2.75) is 0 Å². The van der Waals surface area contributed by atoms with Crippen molar-refractivity contribution in [3.63, 3.8) is 0 Å². The number of fused-ring (bicyclic) bond motifs is 1. The Morgan fingerprint density at radius 3 is 2.75 bits per heavy atom. The van der Waals surface area contributed by atoms with E-state index in [9.17, 15) is 9.59 Å². The summed E-state index contributed by atoms with van der Waals surface area (Å²) in [5.41, 5.74) is 1.39. The van der Waals surface area contributed by atoms with E-state index in [0.717, 1.165) is 10.9 Å². The number of hydrogen-bond acceptors (Lipinski definition) is 4. The van der Waals surface area contributed by atoms with Gasteiger partial charge in [0.05, 0.1) is 32.4 Å². The van der Waals surface area contributed by atoms with Crippen LogP contribution in [0.25, 0.3) is 10.9 Å². The average molecular weight is 331 g/mol. The Balaban J connectivity index is 1.72. The van der Waals surface area contributed by atoms with E-state index in [1.807, 2.05) is 25.2 Å². The molecule has 1 fully saturated rings. The Morgan fingerprint density at radius 2 is 2.04 bits per heavy atom. The molecule has 1 aromatic carbocycles. The van der Waals surface area contributed by atoms with Gasteiger partial charge in [-0.25, -0.2) is 0 Å². The molecule has 1 aliphatic heterocycles. The fourth-order valence-corrected chi connectivity index (χ4v) is 2.90. The summed E-state index contributed by atoms with van der Waals surface area (Å²) in [6.07, 6.45) is 0. The fourth-order valence-electron chi connectivity index (χ4n) is 2.90. The fraction of sp³-hybridized carbons (Fsp3) is 0.412. The molecule has 1 N–H and O–H groups in total. The lowest BCUT2D eigenvalue weighted by Crippen LogP contribution is -2.45. The molecule has 2 aromatic rings. The Morgan fingerprint density at radius 1 is 1.29 bits per heavy atom. The van der Waals surface area contributed by atoms with Gasteiger partial charge in [-0.1, -0.05) is 6.07 Å². The molecule has 1 aliphatic rings. The molecule has 1 saturated heterocycles. The van der Waals surface area contributed by atoms with Crippen molar-refractivity contribution in [1.29, 1.82) is 0 Å². The highest BCUT2D eigenvalue weighted by Crippen LogP contribution is 2.27. The molecule has 2 amide bonds. The molecule has 1 aromatic heterocycles. The smallest absolute Gasteiger partial charge is 0.268 e. The van der Waals surface area contributed by atoms with E-state index in [1.54, 1.807) is 22.6 Å². The van der Waals surface area contributed by atoms with Crippen LogP contribution in [0.3, 0.4) is 0 Å². The maximum atomic E-state index is 12.5. The summed E-state index contributed by atoms with van der Waals surface area (Å²) in [5, 5.41) is 3.57. The third kappa shape index (κ3) is 3.07. The summed E-state index contributed by atoms with van der Waals surface area (Å²) < 4.78 is 12.4. The van der Waals surface area contributed by atoms with Crippen molar-refractivity contribution >= 4 is 22.7 Å². The van der Waals surface area contributed by atoms with Crippen LogP contribution in [0.2, 0.25) is 0 Å². The quantitative estimate of drug-likeness (QED) is 0.898. The van der Waals surface area contributed by atoms with Gasteiger partial charge >= 0.3 is 0 Å². The molecule has 0 spiro atoms. The van der Waals surface area contributed by atoms with E-state index in [0.29, 0.717) is 37.7 Å². The number of rotatable bonds is 4. The van der Waals surface area contributed by atoms with Gasteiger partial charge in [0, 0.05) is 25.5 Å². The Labute approximate surface area is 140 Å². The summed E-state index contributed by atoms with van der Waals surface area (Å²) >= 11 is 0. The monoisotopic (exact) mass is 331 g/mol. The number of morpholine rings is 1. The van der Waals surface area contributed by atoms with E-state index in [4.69, 9.17) is 9.47 Å². The van der Waals surface area contributed by atoms with Crippen LogP contribution in [0, 0.1) is 0 Å². The summed E-state index contributed by atoms with van der Waals surface area (Å²) in [5.74, 6) is 0.340. The zero-order valence-corrected chi connectivity index (χ0v) is 13.9. The zero-order valence-electron chi connectivity index (χ0n) is 13.9. The normalized spacial score (nSPS) is 14.7. The molecule has 0 bridgehead atoms. The number of aromatic nitrogens is 1. The molecular formula is C17H21N3O4. The molecule has 0 atom stereocenters. The first kappa shape index (κ1) is 16.3. The molecule has 7 nitrogen and oxygen atoms in total. The minimum absolute atomic E-state index is 0.0164. The van der Waals surface area contributed by atoms with Gasteiger partial charge in [-0.05, 0) is 18.2 Å². The molecule has 0 aliphatic carbocycles. The Kier molecular flexibility index (Phi) is 4.71. The number of carbonyl (C=O) groups is 2. The highest BCUT2D eigenvalue weighted by Gasteiger charge is 2.19. The van der Waals surface area contributed by atoms with Gasteiger partial charge in [0.2, 0.25) is 5.91 Å². The van der Waals surface area contributed by atoms with E-state index in [2.05, 4.69) is 5.32 Å². The van der Waals surface area contributed by atoms with E-state index < -0.39 is 0 Å². The SMILES string of the molecule is COc1cccc2c1cc(C(=O)NCC(=O)N1CCOCC1)n2C. The van der Waals surface area contributed by atoms with Crippen molar-refractivity contribution in [2.24, 2.45) is 7.05 Å². The minimum Gasteiger partial charge on any atom is -0.496 e. The number of amides is 2. The van der Waals surface area contributed by atoms with Crippen LogP contribution in [0.15, 0.2) is 24.3 Å². The summed E-state index contributed by atoms with van der Waals surface area (Å²) in [6.45, 7) is 2.21. The predicted octanol–water partition coefficient (Wildman–Crippen LogP) is 0.775. The summed E-state index contributed by atoms with van der Waals surface area (Å²) in [4.78, 5) is 26.3. The largest absolute Gasteiger partial charge is 0.496 e. The van der Waals surface area contributed by atoms with Gasteiger partial charge in [-0.3, -0.25) is 9.59 Å². The lowest BCUT2D eigenvalue weighted by Gasteiger charge is -2.26. The van der Waals surface area contributed by atoms with Crippen LogP contribution in [0.4, 0.5) is 0 Å². The van der Waals surface area contributed by atoms with Crippen molar-refractivity contribution < 1.29 is 19.1 Å². The van der Waals surface area contributed by atoms with Crippen LogP contribution in [0.1, 0.15) is 10.5 Å². The van der Waals surface area contributed by atoms with Gasteiger partial charge in [0.15, 0.2) is 0 Å². The molecule has 0 saturated carbocycles. The second-order valence-corrected chi connectivity index (χ2v) is 5.66. The summed E-state index contributed by atoms with van der Waals surface area (Å²) in [6, 6.07) is 7.44. The van der Waals surface area contributed by atoms with Gasteiger partial charge in [-0.2, -0.15) is 0 Å². The summed E-state index contributed by atoms with van der Waals surface area (Å²) in [7, 11) is 3.42. The molecule has 3 rings (SSSR count). The van der Waals surface area contributed by atoms with Crippen molar-refractivity contribution in [3.05, 3.63) is 30.0 Å². The first-order valence-corrected chi connectivity index (χ1v) is 7.88. The van der Waals surface area contributed by atoms with E-state index in [1.165, 1.54) is 0 Å². The second-order valence-electron chi connectivity index (χ2n) is 5.66. The third-order valence-electron chi connectivity index (χ3n) is 4.26. The molecule has 128 valence electrons. The zero-order chi connectivity index (χ0) is 17.1. The molecule has 24 heavy (non-hydrogen) atoms. The van der Waals surface area contributed by atoms with Gasteiger partial charge in [-0.15, -0.1) is 0 Å². The van der Waals surface area contributed by atoms with Crippen LogP contribution in [-0.2, 0) is 16.6 Å². The molecule has 0 unspecified atom stereocenters. The number of benzene rings is 1. The number of hydrogen-bond donors (Lipinski definition) is 1. The molecule has 0 radical (unpaired) electrons. The van der Waals surface area contributed by atoms with E-state index in [-0.39, 0.29) is 18.4 Å². The molecule has 2 heterocycles. The molecule has 7 heteroatoms. The number of nitrogens with zero attached hydrogens (tertiary/aromatic N) is 2. The van der Waals surface area contributed by atoms with Crippen molar-refractivity contribution in [3.8, 4) is 5.75 Å². The lowest BCUT2D eigenvalue weighted by atomic mass is 10.2. The molecular weight excluding hydrogens is 310 g/mol. The van der Waals surface area contributed by atoms with Crippen LogP contribution >= 0.6 is 0 Å². The maximum absolute atomic E-state index is 12.5. The number of nitrogens with one attached hydrogen (secondary N) is 1. The number of aryl methyl sites for hydroxylation is 1. The highest BCUT2D eigenvalue weighted by atomic mass is 16.5. The Hall–Kier alpha value is -2.54. The first-order valence-electron chi connectivity index (χ1n) is 7.88. The minimum atomic E-state index is -0.280. The third-order valence-corrected chi connectivity index (χ3v) is 4.26. The highest BCUT2D eigenvalue weighted by molar-refractivity contribution is 6.01.